The van der Waals surface area contributed by atoms with E-state index in [-0.39, 0.29) is 11.2 Å². The Morgan fingerprint density at radius 1 is 1.23 bits per heavy atom. The Kier molecular flexibility index (Phi) is 1.59. The molecule has 0 aliphatic heterocycles. The van der Waals surface area contributed by atoms with Gasteiger partial charge in [0.25, 0.3) is 0 Å². The second-order valence-electron chi connectivity index (χ2n) is 4.21. The van der Waals surface area contributed by atoms with Gasteiger partial charge in [0, 0.05) is 11.0 Å². The Balaban J connectivity index is 2.74. The van der Waals surface area contributed by atoms with Crippen LogP contribution in [0, 0.1) is 5.82 Å². The maximum Gasteiger partial charge on any atom is 0.127 e. The lowest BCUT2D eigenvalue weighted by molar-refractivity contribution is 0.564. The molecule has 0 aromatic heterocycles. The Morgan fingerprint density at radius 2 is 1.92 bits per heavy atom. The van der Waals surface area contributed by atoms with Crippen LogP contribution < -0.4 is 0 Å². The fourth-order valence-corrected chi connectivity index (χ4v) is 2.20. The van der Waals surface area contributed by atoms with Gasteiger partial charge in [-0.1, -0.05) is 32.1 Å². The second kappa shape index (κ2) is 2.44. The highest BCUT2D eigenvalue weighted by Crippen LogP contribution is 2.41. The first kappa shape index (κ1) is 8.49. The first-order valence-corrected chi connectivity index (χ1v) is 4.51. The second-order valence-corrected chi connectivity index (χ2v) is 4.21. The average molecular weight is 176 g/mol. The number of benzene rings is 1. The number of hydrogen-bond donors (Lipinski definition) is 0. The Bertz CT molecular complexity index is 386. The fourth-order valence-electron chi connectivity index (χ4n) is 2.20. The molecule has 0 heterocycles. The third-order valence-corrected chi connectivity index (χ3v) is 2.66. The normalized spacial score (nSPS) is 18.3. The maximum atomic E-state index is 13.5. The molecular formula is C12H13F. The van der Waals surface area contributed by atoms with Gasteiger partial charge in [-0.05, 0) is 24.1 Å². The van der Waals surface area contributed by atoms with Crippen molar-refractivity contribution >= 4 is 5.57 Å². The topological polar surface area (TPSA) is 0 Å². The summed E-state index contributed by atoms with van der Waals surface area (Å²) in [6.07, 6.45) is 2.13. The van der Waals surface area contributed by atoms with E-state index in [2.05, 4.69) is 6.08 Å². The summed E-state index contributed by atoms with van der Waals surface area (Å²) in [5.74, 6) is -0.0874. The van der Waals surface area contributed by atoms with Crippen molar-refractivity contribution in [2.24, 2.45) is 0 Å². The Labute approximate surface area is 78.1 Å². The van der Waals surface area contributed by atoms with Gasteiger partial charge in [0.05, 0.1) is 0 Å². The smallest absolute Gasteiger partial charge is 0.127 e. The molecule has 68 valence electrons. The molecule has 0 atom stereocenters. The van der Waals surface area contributed by atoms with Crippen LogP contribution in [-0.2, 0) is 5.41 Å². The molecule has 0 N–H and O–H groups in total. The zero-order valence-electron chi connectivity index (χ0n) is 8.19. The van der Waals surface area contributed by atoms with Crippen molar-refractivity contribution in [1.29, 1.82) is 0 Å². The molecular weight excluding hydrogens is 163 g/mol. The number of halogens is 1. The van der Waals surface area contributed by atoms with Gasteiger partial charge in [-0.25, -0.2) is 4.39 Å². The summed E-state index contributed by atoms with van der Waals surface area (Å²) < 4.78 is 13.5. The summed E-state index contributed by atoms with van der Waals surface area (Å²) in [4.78, 5) is 0. The van der Waals surface area contributed by atoms with Crippen LogP contribution >= 0.6 is 0 Å². The van der Waals surface area contributed by atoms with E-state index in [4.69, 9.17) is 0 Å². The number of hydrogen-bond acceptors (Lipinski definition) is 0. The molecule has 13 heavy (non-hydrogen) atoms. The highest BCUT2D eigenvalue weighted by atomic mass is 19.1. The van der Waals surface area contributed by atoms with Crippen LogP contribution in [0.25, 0.3) is 5.57 Å². The van der Waals surface area contributed by atoms with Gasteiger partial charge in [0.15, 0.2) is 0 Å². The highest BCUT2D eigenvalue weighted by Gasteiger charge is 2.30. The summed E-state index contributed by atoms with van der Waals surface area (Å²) in [5.41, 5.74) is 2.93. The minimum atomic E-state index is -0.148. The Hall–Kier alpha value is -1.11. The summed E-state index contributed by atoms with van der Waals surface area (Å²) in [7, 11) is 0. The number of rotatable bonds is 0. The van der Waals surface area contributed by atoms with Gasteiger partial charge in [-0.15, -0.1) is 0 Å². The summed E-state index contributed by atoms with van der Waals surface area (Å²) in [6, 6.07) is 5.29. The fraction of sp³-hybridized carbons (Fsp3) is 0.333. The average Bonchev–Trinajstić information content (AvgIpc) is 2.24. The molecule has 1 aromatic rings. The van der Waals surface area contributed by atoms with Crippen LogP contribution in [0.15, 0.2) is 24.3 Å². The molecule has 1 aromatic carbocycles. The molecule has 0 bridgehead atoms. The van der Waals surface area contributed by atoms with Crippen molar-refractivity contribution in [3.05, 3.63) is 41.2 Å². The minimum absolute atomic E-state index is 0.0874. The molecule has 0 fully saturated rings. The molecule has 2 rings (SSSR count). The molecule has 0 radical (unpaired) electrons. The lowest BCUT2D eigenvalue weighted by Gasteiger charge is -2.17. The minimum Gasteiger partial charge on any atom is -0.207 e. The lowest BCUT2D eigenvalue weighted by Crippen LogP contribution is -2.12. The molecule has 1 aliphatic carbocycles. The third kappa shape index (κ3) is 1.11. The van der Waals surface area contributed by atoms with Gasteiger partial charge in [0.2, 0.25) is 0 Å². The largest absolute Gasteiger partial charge is 0.207 e. The molecule has 0 spiro atoms. The van der Waals surface area contributed by atoms with Crippen LogP contribution in [0.3, 0.4) is 0 Å². The van der Waals surface area contributed by atoms with E-state index < -0.39 is 0 Å². The first-order chi connectivity index (χ1) is 6.02. The number of allylic oxidation sites excluding steroid dienone is 2. The predicted molar refractivity (Wildman–Crippen MR) is 53.1 cm³/mol. The SMILES string of the molecule is CC1=CC(C)(C)c2c(F)cccc21. The Morgan fingerprint density at radius 3 is 2.54 bits per heavy atom. The summed E-state index contributed by atoms with van der Waals surface area (Å²) in [6.45, 7) is 6.13. The van der Waals surface area contributed by atoms with E-state index >= 15 is 0 Å². The standard InChI is InChI=1S/C12H13F/c1-8-7-12(2,3)11-9(8)5-4-6-10(11)13/h4-7H,1-3H3. The van der Waals surface area contributed by atoms with E-state index in [0.717, 1.165) is 11.1 Å². The number of fused-ring (bicyclic) bond motifs is 1. The molecule has 0 saturated heterocycles. The van der Waals surface area contributed by atoms with E-state index in [1.807, 2.05) is 26.8 Å². The van der Waals surface area contributed by atoms with Crippen LogP contribution in [0.2, 0.25) is 0 Å². The third-order valence-electron chi connectivity index (χ3n) is 2.66. The van der Waals surface area contributed by atoms with Crippen LogP contribution in [0.5, 0.6) is 0 Å². The van der Waals surface area contributed by atoms with Crippen LogP contribution in [0.4, 0.5) is 4.39 Å². The van der Waals surface area contributed by atoms with E-state index in [0.29, 0.717) is 0 Å². The maximum absolute atomic E-state index is 13.5. The molecule has 1 heteroatoms. The van der Waals surface area contributed by atoms with Crippen molar-refractivity contribution in [3.8, 4) is 0 Å². The van der Waals surface area contributed by atoms with Crippen molar-refractivity contribution in [2.45, 2.75) is 26.2 Å². The monoisotopic (exact) mass is 176 g/mol. The highest BCUT2D eigenvalue weighted by molar-refractivity contribution is 5.75. The van der Waals surface area contributed by atoms with E-state index in [1.165, 1.54) is 11.6 Å². The van der Waals surface area contributed by atoms with Gasteiger partial charge < -0.3 is 0 Å². The molecule has 0 nitrogen and oxygen atoms in total. The summed E-state index contributed by atoms with van der Waals surface area (Å²) in [5, 5.41) is 0. The van der Waals surface area contributed by atoms with Gasteiger partial charge in [-0.2, -0.15) is 0 Å². The first-order valence-electron chi connectivity index (χ1n) is 4.51. The van der Waals surface area contributed by atoms with Crippen LogP contribution in [-0.4, -0.2) is 0 Å². The predicted octanol–water partition coefficient (Wildman–Crippen LogP) is 3.52. The van der Waals surface area contributed by atoms with Gasteiger partial charge >= 0.3 is 0 Å². The zero-order chi connectivity index (χ0) is 9.64. The van der Waals surface area contributed by atoms with Gasteiger partial charge in [-0.3, -0.25) is 0 Å². The molecule has 1 aliphatic rings. The molecule has 0 unspecified atom stereocenters. The molecule has 0 amide bonds. The summed E-state index contributed by atoms with van der Waals surface area (Å²) >= 11 is 0. The van der Waals surface area contributed by atoms with Crippen molar-refractivity contribution in [3.63, 3.8) is 0 Å². The van der Waals surface area contributed by atoms with Crippen molar-refractivity contribution in [2.75, 3.05) is 0 Å². The van der Waals surface area contributed by atoms with E-state index in [1.54, 1.807) is 6.07 Å². The quantitative estimate of drug-likeness (QED) is 0.567. The molecule has 0 saturated carbocycles. The van der Waals surface area contributed by atoms with Gasteiger partial charge in [0.1, 0.15) is 5.82 Å². The van der Waals surface area contributed by atoms with Crippen LogP contribution in [0.1, 0.15) is 31.9 Å². The zero-order valence-corrected chi connectivity index (χ0v) is 8.19. The van der Waals surface area contributed by atoms with Crippen molar-refractivity contribution < 1.29 is 4.39 Å². The van der Waals surface area contributed by atoms with Crippen molar-refractivity contribution in [1.82, 2.24) is 0 Å². The lowest BCUT2D eigenvalue weighted by atomic mass is 9.87. The van der Waals surface area contributed by atoms with E-state index in [9.17, 15) is 4.39 Å².